The molecule has 1 saturated carbocycles. The number of aliphatic imine (C=N–C) groups is 1. The molecule has 1 aromatic rings. The molecule has 2 heterocycles. The van der Waals surface area contributed by atoms with Gasteiger partial charge in [0.05, 0.1) is 25.1 Å². The first-order valence-corrected chi connectivity index (χ1v) is 10.1. The number of benzene rings is 1. The Hall–Kier alpha value is -2.57. The highest BCUT2D eigenvalue weighted by molar-refractivity contribution is 5.98. The van der Waals surface area contributed by atoms with Crippen molar-refractivity contribution < 1.29 is 14.3 Å². The van der Waals surface area contributed by atoms with Crippen molar-refractivity contribution in [2.24, 2.45) is 28.5 Å². The molecule has 1 fully saturated rings. The Balaban J connectivity index is 1.34. The molecule has 3 N–H and O–H groups in total. The SMILES string of the molecule is CC(C)C1CC(=O)N(C[C@H]2CC2C(=O)N[C@H]2CCOc3ccccc32)C(N)=N1. The Labute approximate surface area is 165 Å². The largest absolute Gasteiger partial charge is 0.493 e. The summed E-state index contributed by atoms with van der Waals surface area (Å²) < 4.78 is 5.66. The normalized spacial score (nSPS) is 29.0. The molecule has 1 aliphatic carbocycles. The first kappa shape index (κ1) is 18.8. The van der Waals surface area contributed by atoms with E-state index < -0.39 is 0 Å². The number of nitrogens with zero attached hydrogens (tertiary/aromatic N) is 2. The van der Waals surface area contributed by atoms with Crippen LogP contribution in [0.1, 0.15) is 44.7 Å². The number of nitrogens with two attached hydrogens (primary N) is 1. The molecular formula is C21H28N4O3. The molecule has 2 unspecified atom stereocenters. The zero-order chi connectivity index (χ0) is 19.8. The lowest BCUT2D eigenvalue weighted by Gasteiger charge is -2.30. The van der Waals surface area contributed by atoms with Crippen molar-refractivity contribution in [2.75, 3.05) is 13.2 Å². The molecule has 0 saturated heterocycles. The van der Waals surface area contributed by atoms with Crippen LogP contribution < -0.4 is 15.8 Å². The molecule has 3 aliphatic rings. The minimum Gasteiger partial charge on any atom is -0.493 e. The van der Waals surface area contributed by atoms with Gasteiger partial charge in [0.2, 0.25) is 11.8 Å². The van der Waals surface area contributed by atoms with Gasteiger partial charge in [-0.05, 0) is 24.3 Å². The van der Waals surface area contributed by atoms with E-state index in [4.69, 9.17) is 10.5 Å². The monoisotopic (exact) mass is 384 g/mol. The number of carbonyl (C=O) groups is 2. The number of fused-ring (bicyclic) bond motifs is 1. The lowest BCUT2D eigenvalue weighted by Crippen LogP contribution is -2.49. The van der Waals surface area contributed by atoms with E-state index >= 15 is 0 Å². The van der Waals surface area contributed by atoms with Crippen LogP contribution in [-0.4, -0.2) is 41.9 Å². The predicted octanol–water partition coefficient (Wildman–Crippen LogP) is 1.83. The number of guanidine groups is 1. The quantitative estimate of drug-likeness (QED) is 0.809. The molecule has 0 radical (unpaired) electrons. The summed E-state index contributed by atoms with van der Waals surface area (Å²) in [5.74, 6) is 1.55. The number of rotatable bonds is 5. The van der Waals surface area contributed by atoms with Gasteiger partial charge in [-0.3, -0.25) is 14.5 Å². The molecule has 2 amide bonds. The van der Waals surface area contributed by atoms with Crippen LogP contribution in [-0.2, 0) is 9.59 Å². The van der Waals surface area contributed by atoms with E-state index in [9.17, 15) is 9.59 Å². The average Bonchev–Trinajstić information content (AvgIpc) is 3.44. The summed E-state index contributed by atoms with van der Waals surface area (Å²) in [4.78, 5) is 31.2. The van der Waals surface area contributed by atoms with Crippen LogP contribution in [0.3, 0.4) is 0 Å². The van der Waals surface area contributed by atoms with E-state index in [1.54, 1.807) is 4.90 Å². The summed E-state index contributed by atoms with van der Waals surface area (Å²) in [6, 6.07) is 7.76. The highest BCUT2D eigenvalue weighted by Crippen LogP contribution is 2.41. The van der Waals surface area contributed by atoms with Gasteiger partial charge in [0.25, 0.3) is 0 Å². The van der Waals surface area contributed by atoms with Crippen molar-refractivity contribution in [3.8, 4) is 5.75 Å². The third-order valence-electron chi connectivity index (χ3n) is 5.98. The number of hydrogen-bond donors (Lipinski definition) is 2. The van der Waals surface area contributed by atoms with Gasteiger partial charge in [-0.1, -0.05) is 32.0 Å². The van der Waals surface area contributed by atoms with Gasteiger partial charge in [0.15, 0.2) is 5.96 Å². The Kier molecular flexibility index (Phi) is 5.00. The van der Waals surface area contributed by atoms with Gasteiger partial charge < -0.3 is 15.8 Å². The Morgan fingerprint density at radius 1 is 1.39 bits per heavy atom. The summed E-state index contributed by atoms with van der Waals surface area (Å²) in [6.07, 6.45) is 1.93. The fraction of sp³-hybridized carbons (Fsp3) is 0.571. The summed E-state index contributed by atoms with van der Waals surface area (Å²) in [7, 11) is 0. The second-order valence-electron chi connectivity index (χ2n) is 8.35. The Morgan fingerprint density at radius 3 is 2.93 bits per heavy atom. The van der Waals surface area contributed by atoms with E-state index in [2.05, 4.69) is 10.3 Å². The molecular weight excluding hydrogens is 356 g/mol. The summed E-state index contributed by atoms with van der Waals surface area (Å²) in [5, 5.41) is 3.16. The van der Waals surface area contributed by atoms with E-state index in [0.29, 0.717) is 25.5 Å². The van der Waals surface area contributed by atoms with E-state index in [1.807, 2.05) is 38.1 Å². The van der Waals surface area contributed by atoms with Gasteiger partial charge in [0, 0.05) is 24.4 Å². The number of carbonyl (C=O) groups excluding carboxylic acids is 2. The average molecular weight is 384 g/mol. The molecule has 4 rings (SSSR count). The van der Waals surface area contributed by atoms with Crippen LogP contribution >= 0.6 is 0 Å². The van der Waals surface area contributed by atoms with Crippen molar-refractivity contribution in [1.29, 1.82) is 0 Å². The van der Waals surface area contributed by atoms with Gasteiger partial charge in [-0.25, -0.2) is 4.99 Å². The highest BCUT2D eigenvalue weighted by Gasteiger charge is 2.46. The first-order chi connectivity index (χ1) is 13.4. The molecule has 150 valence electrons. The topological polar surface area (TPSA) is 97.0 Å². The van der Waals surface area contributed by atoms with Crippen LogP contribution in [0.25, 0.3) is 0 Å². The van der Waals surface area contributed by atoms with Crippen molar-refractivity contribution in [3.63, 3.8) is 0 Å². The smallest absolute Gasteiger partial charge is 0.231 e. The number of para-hydroxylation sites is 1. The molecule has 7 heteroatoms. The fourth-order valence-corrected chi connectivity index (χ4v) is 4.06. The zero-order valence-electron chi connectivity index (χ0n) is 16.4. The minimum atomic E-state index is -0.0709. The van der Waals surface area contributed by atoms with Gasteiger partial charge >= 0.3 is 0 Å². The molecule has 0 bridgehead atoms. The van der Waals surface area contributed by atoms with Crippen LogP contribution in [0.5, 0.6) is 5.75 Å². The number of ether oxygens (including phenoxy) is 1. The molecule has 28 heavy (non-hydrogen) atoms. The molecule has 1 aromatic carbocycles. The zero-order valence-corrected chi connectivity index (χ0v) is 16.4. The maximum Gasteiger partial charge on any atom is 0.231 e. The van der Waals surface area contributed by atoms with Crippen LogP contribution in [0, 0.1) is 17.8 Å². The number of amides is 2. The molecule has 4 atom stereocenters. The van der Waals surface area contributed by atoms with Crippen molar-refractivity contribution in [2.45, 2.75) is 45.2 Å². The first-order valence-electron chi connectivity index (χ1n) is 10.1. The van der Waals surface area contributed by atoms with Crippen molar-refractivity contribution in [3.05, 3.63) is 29.8 Å². The predicted molar refractivity (Wildman–Crippen MR) is 106 cm³/mol. The Bertz CT molecular complexity index is 807. The van der Waals surface area contributed by atoms with Gasteiger partial charge in [-0.15, -0.1) is 0 Å². The van der Waals surface area contributed by atoms with E-state index in [1.165, 1.54) is 0 Å². The second-order valence-corrected chi connectivity index (χ2v) is 8.35. The van der Waals surface area contributed by atoms with Gasteiger partial charge in [0.1, 0.15) is 5.75 Å². The lowest BCUT2D eigenvalue weighted by atomic mass is 9.99. The third kappa shape index (κ3) is 3.70. The van der Waals surface area contributed by atoms with Crippen LogP contribution in [0.15, 0.2) is 29.3 Å². The van der Waals surface area contributed by atoms with E-state index in [-0.39, 0.29) is 41.7 Å². The molecule has 7 nitrogen and oxygen atoms in total. The number of hydrogen-bond acceptors (Lipinski definition) is 5. The molecule has 0 spiro atoms. The summed E-state index contributed by atoms with van der Waals surface area (Å²) in [6.45, 7) is 5.16. The minimum absolute atomic E-state index is 0.00983. The third-order valence-corrected chi connectivity index (χ3v) is 5.98. The van der Waals surface area contributed by atoms with Crippen molar-refractivity contribution >= 4 is 17.8 Å². The standard InChI is InChI=1S/C21H28N4O3/c1-12(2)17-10-19(26)25(21(22)24-17)11-13-9-15(13)20(27)23-16-7-8-28-18-6-4-3-5-14(16)18/h3-6,12-13,15-17H,7-11H2,1-2H3,(H2,22,24)(H,23,27)/t13-,15?,16+,17?/m1/s1. The fourth-order valence-electron chi connectivity index (χ4n) is 4.06. The maximum absolute atomic E-state index is 12.7. The Morgan fingerprint density at radius 2 is 2.18 bits per heavy atom. The maximum atomic E-state index is 12.7. The lowest BCUT2D eigenvalue weighted by molar-refractivity contribution is -0.129. The molecule has 2 aliphatic heterocycles. The van der Waals surface area contributed by atoms with Crippen molar-refractivity contribution in [1.82, 2.24) is 10.2 Å². The van der Waals surface area contributed by atoms with Gasteiger partial charge in [-0.2, -0.15) is 0 Å². The van der Waals surface area contributed by atoms with Crippen LogP contribution in [0.2, 0.25) is 0 Å². The molecule has 0 aromatic heterocycles. The van der Waals surface area contributed by atoms with Crippen LogP contribution in [0.4, 0.5) is 0 Å². The second kappa shape index (κ2) is 7.45. The summed E-state index contributed by atoms with van der Waals surface area (Å²) >= 11 is 0. The highest BCUT2D eigenvalue weighted by atomic mass is 16.5. The summed E-state index contributed by atoms with van der Waals surface area (Å²) in [5.41, 5.74) is 7.07. The number of nitrogens with one attached hydrogen (secondary N) is 1. The van der Waals surface area contributed by atoms with E-state index in [0.717, 1.165) is 24.2 Å².